The highest BCUT2D eigenvalue weighted by atomic mass is 19.1. The Kier molecular flexibility index (Phi) is 7.45. The number of likely N-dealkylation sites (tertiary alicyclic amines) is 1. The van der Waals surface area contributed by atoms with Crippen molar-refractivity contribution in [2.24, 2.45) is 11.7 Å². The molecule has 3 N–H and O–H groups in total. The van der Waals surface area contributed by atoms with E-state index in [9.17, 15) is 18.8 Å². The van der Waals surface area contributed by atoms with Gasteiger partial charge in [-0.25, -0.2) is 4.39 Å². The first-order valence-corrected chi connectivity index (χ1v) is 11.9. The van der Waals surface area contributed by atoms with E-state index in [4.69, 9.17) is 5.73 Å². The Morgan fingerprint density at radius 3 is 2.41 bits per heavy atom. The fourth-order valence-corrected chi connectivity index (χ4v) is 4.74. The van der Waals surface area contributed by atoms with E-state index in [1.54, 1.807) is 29.2 Å². The van der Waals surface area contributed by atoms with Crippen molar-refractivity contribution < 1.29 is 18.8 Å². The van der Waals surface area contributed by atoms with Gasteiger partial charge in [-0.2, -0.15) is 0 Å². The fourth-order valence-electron chi connectivity index (χ4n) is 4.74. The van der Waals surface area contributed by atoms with E-state index < -0.39 is 5.91 Å². The lowest BCUT2D eigenvalue weighted by Crippen LogP contribution is -2.44. The van der Waals surface area contributed by atoms with E-state index in [0.29, 0.717) is 30.8 Å². The summed E-state index contributed by atoms with van der Waals surface area (Å²) in [4.78, 5) is 41.7. The molecule has 1 atom stereocenters. The minimum Gasteiger partial charge on any atom is -0.370 e. The Bertz CT molecular complexity index is 1050. The summed E-state index contributed by atoms with van der Waals surface area (Å²) < 4.78 is 13.1. The Hall–Kier alpha value is -3.42. The number of primary amides is 1. The summed E-state index contributed by atoms with van der Waals surface area (Å²) in [6, 6.07) is 11.1. The number of halogens is 1. The number of anilines is 2. The topological polar surface area (TPSA) is 95.7 Å². The lowest BCUT2D eigenvalue weighted by atomic mass is 9.96. The molecule has 2 aliphatic heterocycles. The second kappa shape index (κ2) is 10.7. The average molecular weight is 467 g/mol. The minimum absolute atomic E-state index is 0.0751. The third-order valence-electron chi connectivity index (χ3n) is 6.65. The molecule has 8 heteroatoms. The van der Waals surface area contributed by atoms with Crippen molar-refractivity contribution in [2.75, 3.05) is 36.4 Å². The lowest BCUT2D eigenvalue weighted by molar-refractivity contribution is -0.133. The quantitative estimate of drug-likeness (QED) is 0.683. The summed E-state index contributed by atoms with van der Waals surface area (Å²) in [6.07, 6.45) is 4.93. The molecule has 0 aromatic heterocycles. The summed E-state index contributed by atoms with van der Waals surface area (Å²) in [5, 5.41) is 3.02. The van der Waals surface area contributed by atoms with E-state index in [1.807, 2.05) is 6.07 Å². The maximum Gasteiger partial charge on any atom is 0.248 e. The normalized spacial score (nSPS) is 18.4. The molecule has 0 spiro atoms. The largest absolute Gasteiger partial charge is 0.370 e. The standard InChI is InChI=1S/C26H31FN4O3/c27-21-9-6-18(7-10-21)15-24(32)31-14-4-5-20(17-31)26(34)29-22-16-19(25(28)33)8-11-23(22)30-12-2-1-3-13-30/h6-11,16,20H,1-5,12-15,17H2,(H2,28,33)(H,29,34). The Balaban J connectivity index is 1.45. The van der Waals surface area contributed by atoms with Gasteiger partial charge >= 0.3 is 0 Å². The Morgan fingerprint density at radius 1 is 0.971 bits per heavy atom. The number of carbonyl (C=O) groups excluding carboxylic acids is 3. The van der Waals surface area contributed by atoms with Gasteiger partial charge in [-0.3, -0.25) is 14.4 Å². The summed E-state index contributed by atoms with van der Waals surface area (Å²) in [6.45, 7) is 2.72. The molecule has 2 aromatic rings. The monoisotopic (exact) mass is 466 g/mol. The molecule has 0 saturated carbocycles. The molecule has 1 unspecified atom stereocenters. The number of carbonyl (C=O) groups is 3. The number of hydrogen-bond donors (Lipinski definition) is 2. The Labute approximate surface area is 199 Å². The number of amides is 3. The molecule has 0 aliphatic carbocycles. The van der Waals surface area contributed by atoms with E-state index in [2.05, 4.69) is 10.2 Å². The molecule has 0 radical (unpaired) electrons. The van der Waals surface area contributed by atoms with Crippen LogP contribution >= 0.6 is 0 Å². The van der Waals surface area contributed by atoms with Crippen molar-refractivity contribution in [1.82, 2.24) is 4.90 Å². The summed E-state index contributed by atoms with van der Waals surface area (Å²) in [7, 11) is 0. The molecule has 0 bridgehead atoms. The average Bonchev–Trinajstić information content (AvgIpc) is 2.86. The van der Waals surface area contributed by atoms with Gasteiger partial charge in [0, 0.05) is 31.7 Å². The number of rotatable bonds is 6. The molecule has 180 valence electrons. The number of hydrogen-bond acceptors (Lipinski definition) is 4. The van der Waals surface area contributed by atoms with Crippen LogP contribution in [0.3, 0.4) is 0 Å². The van der Waals surface area contributed by atoms with Crippen LogP contribution in [0.4, 0.5) is 15.8 Å². The number of nitrogens with zero attached hydrogens (tertiary/aromatic N) is 2. The molecule has 7 nitrogen and oxygen atoms in total. The maximum atomic E-state index is 13.2. The van der Waals surface area contributed by atoms with Crippen LogP contribution in [0, 0.1) is 11.7 Å². The molecule has 2 aliphatic rings. The molecule has 2 heterocycles. The van der Waals surface area contributed by atoms with Gasteiger partial charge in [-0.05, 0) is 68.0 Å². The third kappa shape index (κ3) is 5.73. The summed E-state index contributed by atoms with van der Waals surface area (Å²) in [5.41, 5.74) is 8.03. The van der Waals surface area contributed by atoms with Gasteiger partial charge in [-0.1, -0.05) is 12.1 Å². The maximum absolute atomic E-state index is 13.2. The number of piperidine rings is 2. The lowest BCUT2D eigenvalue weighted by Gasteiger charge is -2.33. The van der Waals surface area contributed by atoms with Crippen molar-refractivity contribution >= 4 is 29.1 Å². The smallest absolute Gasteiger partial charge is 0.248 e. The zero-order valence-corrected chi connectivity index (χ0v) is 19.3. The van der Waals surface area contributed by atoms with Gasteiger partial charge in [-0.15, -0.1) is 0 Å². The minimum atomic E-state index is -0.545. The highest BCUT2D eigenvalue weighted by molar-refractivity contribution is 6.00. The van der Waals surface area contributed by atoms with Crippen LogP contribution in [0.25, 0.3) is 0 Å². The highest BCUT2D eigenvalue weighted by Crippen LogP contribution is 2.31. The molecule has 2 fully saturated rings. The van der Waals surface area contributed by atoms with Gasteiger partial charge in [0.25, 0.3) is 0 Å². The van der Waals surface area contributed by atoms with E-state index in [0.717, 1.165) is 43.6 Å². The van der Waals surface area contributed by atoms with Crippen LogP contribution in [-0.4, -0.2) is 48.8 Å². The Morgan fingerprint density at radius 2 is 1.71 bits per heavy atom. The van der Waals surface area contributed by atoms with Crippen LogP contribution in [0.2, 0.25) is 0 Å². The van der Waals surface area contributed by atoms with E-state index in [-0.39, 0.29) is 30.0 Å². The van der Waals surface area contributed by atoms with Gasteiger partial charge in [0.15, 0.2) is 0 Å². The second-order valence-electron chi connectivity index (χ2n) is 9.12. The zero-order valence-electron chi connectivity index (χ0n) is 19.3. The van der Waals surface area contributed by atoms with Crippen LogP contribution in [0.1, 0.15) is 48.0 Å². The van der Waals surface area contributed by atoms with Crippen LogP contribution in [-0.2, 0) is 16.0 Å². The zero-order chi connectivity index (χ0) is 24.1. The van der Waals surface area contributed by atoms with Crippen molar-refractivity contribution in [3.8, 4) is 0 Å². The van der Waals surface area contributed by atoms with Gasteiger partial charge in [0.1, 0.15) is 5.82 Å². The predicted molar refractivity (Wildman–Crippen MR) is 129 cm³/mol. The first-order valence-electron chi connectivity index (χ1n) is 11.9. The number of nitrogens with two attached hydrogens (primary N) is 1. The molecule has 2 saturated heterocycles. The number of nitrogens with one attached hydrogen (secondary N) is 1. The van der Waals surface area contributed by atoms with E-state index in [1.165, 1.54) is 18.6 Å². The van der Waals surface area contributed by atoms with Crippen molar-refractivity contribution in [2.45, 2.75) is 38.5 Å². The third-order valence-corrected chi connectivity index (χ3v) is 6.65. The summed E-state index contributed by atoms with van der Waals surface area (Å²) >= 11 is 0. The van der Waals surface area contributed by atoms with Crippen LogP contribution < -0.4 is 16.0 Å². The van der Waals surface area contributed by atoms with Crippen molar-refractivity contribution in [1.29, 1.82) is 0 Å². The molecular formula is C26H31FN4O3. The molecular weight excluding hydrogens is 435 g/mol. The SMILES string of the molecule is NC(=O)c1ccc(N2CCCCC2)c(NC(=O)C2CCCN(C(=O)Cc3ccc(F)cc3)C2)c1. The van der Waals surface area contributed by atoms with Crippen LogP contribution in [0.5, 0.6) is 0 Å². The molecule has 34 heavy (non-hydrogen) atoms. The van der Waals surface area contributed by atoms with Gasteiger partial charge in [0.2, 0.25) is 17.7 Å². The predicted octanol–water partition coefficient (Wildman–Crippen LogP) is 3.33. The molecule has 2 aromatic carbocycles. The first kappa shape index (κ1) is 23.7. The fraction of sp³-hybridized carbons (Fsp3) is 0.423. The highest BCUT2D eigenvalue weighted by Gasteiger charge is 2.29. The molecule has 3 amide bonds. The van der Waals surface area contributed by atoms with Gasteiger partial charge < -0.3 is 20.9 Å². The van der Waals surface area contributed by atoms with Gasteiger partial charge in [0.05, 0.1) is 23.7 Å². The number of benzene rings is 2. The van der Waals surface area contributed by atoms with Crippen molar-refractivity contribution in [3.63, 3.8) is 0 Å². The van der Waals surface area contributed by atoms with Crippen molar-refractivity contribution in [3.05, 3.63) is 59.4 Å². The van der Waals surface area contributed by atoms with Crippen LogP contribution in [0.15, 0.2) is 42.5 Å². The first-order chi connectivity index (χ1) is 16.4. The van der Waals surface area contributed by atoms with E-state index >= 15 is 0 Å². The second-order valence-corrected chi connectivity index (χ2v) is 9.12. The molecule has 4 rings (SSSR count). The summed E-state index contributed by atoms with van der Waals surface area (Å²) in [5.74, 6) is -1.48.